The van der Waals surface area contributed by atoms with Crippen LogP contribution < -0.4 is 10.1 Å². The van der Waals surface area contributed by atoms with Crippen molar-refractivity contribution in [2.75, 3.05) is 19.0 Å². The zero-order valence-electron chi connectivity index (χ0n) is 9.47. The molecule has 0 atom stereocenters. The smallest absolute Gasteiger partial charge is 0.135 e. The minimum atomic E-state index is -0.750. The maximum Gasteiger partial charge on any atom is 0.135 e. The Labute approximate surface area is 112 Å². The van der Waals surface area contributed by atoms with Crippen molar-refractivity contribution in [1.29, 1.82) is 0 Å². The first-order chi connectivity index (χ1) is 7.33. The number of anilines is 1. The highest BCUT2D eigenvalue weighted by atomic mass is 79.9. The lowest BCUT2D eigenvalue weighted by molar-refractivity contribution is 0.0945. The Balaban J connectivity index is 2.88. The Kier molecular flexibility index (Phi) is 4.64. The van der Waals surface area contributed by atoms with Gasteiger partial charge in [0.05, 0.1) is 22.9 Å². The molecule has 2 N–H and O–H groups in total. The van der Waals surface area contributed by atoms with Crippen LogP contribution in [0.5, 0.6) is 5.75 Å². The van der Waals surface area contributed by atoms with E-state index in [0.717, 1.165) is 20.4 Å². The van der Waals surface area contributed by atoms with Gasteiger partial charge in [0.2, 0.25) is 0 Å². The molecule has 0 spiro atoms. The second kappa shape index (κ2) is 5.38. The molecular formula is C11H15Br2NO2. The van der Waals surface area contributed by atoms with Crippen LogP contribution in [0.2, 0.25) is 0 Å². The van der Waals surface area contributed by atoms with E-state index in [-0.39, 0.29) is 0 Å². The lowest BCUT2D eigenvalue weighted by Crippen LogP contribution is -2.29. The lowest BCUT2D eigenvalue weighted by Gasteiger charge is -2.19. The Bertz CT molecular complexity index is 375. The van der Waals surface area contributed by atoms with Crippen LogP contribution in [0.15, 0.2) is 21.1 Å². The lowest BCUT2D eigenvalue weighted by atomic mass is 10.1. The van der Waals surface area contributed by atoms with E-state index < -0.39 is 5.60 Å². The first-order valence-corrected chi connectivity index (χ1v) is 6.41. The van der Waals surface area contributed by atoms with Gasteiger partial charge in [-0.2, -0.15) is 0 Å². The number of halogens is 2. The second-order valence-corrected chi connectivity index (χ2v) is 5.84. The van der Waals surface area contributed by atoms with Gasteiger partial charge in [-0.3, -0.25) is 0 Å². The molecule has 0 bridgehead atoms. The van der Waals surface area contributed by atoms with Crippen molar-refractivity contribution >= 4 is 37.5 Å². The normalized spacial score (nSPS) is 11.4. The van der Waals surface area contributed by atoms with Crippen LogP contribution in [0.1, 0.15) is 13.8 Å². The molecule has 0 aliphatic carbocycles. The molecule has 0 aliphatic rings. The van der Waals surface area contributed by atoms with E-state index in [1.54, 1.807) is 21.0 Å². The average Bonchev–Trinajstić information content (AvgIpc) is 2.15. The fourth-order valence-electron chi connectivity index (χ4n) is 1.13. The maximum atomic E-state index is 9.63. The van der Waals surface area contributed by atoms with Gasteiger partial charge in [0.25, 0.3) is 0 Å². The predicted octanol–water partition coefficient (Wildman–Crippen LogP) is 3.40. The number of benzene rings is 1. The highest BCUT2D eigenvalue weighted by molar-refractivity contribution is 9.11. The van der Waals surface area contributed by atoms with Crippen LogP contribution >= 0.6 is 31.9 Å². The number of hydrogen-bond donors (Lipinski definition) is 2. The van der Waals surface area contributed by atoms with E-state index >= 15 is 0 Å². The molecule has 0 radical (unpaired) electrons. The third kappa shape index (κ3) is 3.96. The van der Waals surface area contributed by atoms with Crippen LogP contribution in [-0.4, -0.2) is 24.4 Å². The third-order valence-electron chi connectivity index (χ3n) is 1.95. The van der Waals surface area contributed by atoms with Gasteiger partial charge in [0.1, 0.15) is 5.75 Å². The number of methoxy groups -OCH3 is 1. The minimum Gasteiger partial charge on any atom is -0.495 e. The largest absolute Gasteiger partial charge is 0.495 e. The van der Waals surface area contributed by atoms with Crippen LogP contribution in [0, 0.1) is 0 Å². The third-order valence-corrected chi connectivity index (χ3v) is 3.23. The van der Waals surface area contributed by atoms with Crippen molar-refractivity contribution in [2.24, 2.45) is 0 Å². The molecule has 1 aromatic rings. The summed E-state index contributed by atoms with van der Waals surface area (Å²) in [4.78, 5) is 0. The molecular weight excluding hydrogens is 338 g/mol. The van der Waals surface area contributed by atoms with E-state index in [1.165, 1.54) is 0 Å². The molecule has 0 heterocycles. The van der Waals surface area contributed by atoms with Crippen LogP contribution in [0.4, 0.5) is 5.69 Å². The van der Waals surface area contributed by atoms with Gasteiger partial charge in [0.15, 0.2) is 0 Å². The summed E-state index contributed by atoms with van der Waals surface area (Å²) in [5, 5.41) is 12.8. The van der Waals surface area contributed by atoms with Crippen LogP contribution in [0.3, 0.4) is 0 Å². The van der Waals surface area contributed by atoms with E-state index in [1.807, 2.05) is 12.1 Å². The summed E-state index contributed by atoms with van der Waals surface area (Å²) in [6.07, 6.45) is 0. The maximum absolute atomic E-state index is 9.63. The summed E-state index contributed by atoms with van der Waals surface area (Å²) in [5.41, 5.74) is 0.141. The molecule has 1 aromatic carbocycles. The van der Waals surface area contributed by atoms with Crippen molar-refractivity contribution in [3.8, 4) is 5.75 Å². The number of ether oxygens (including phenoxy) is 1. The molecule has 1 rings (SSSR count). The molecule has 0 saturated carbocycles. The summed E-state index contributed by atoms with van der Waals surface area (Å²) in [6, 6.07) is 3.78. The van der Waals surface area contributed by atoms with Gasteiger partial charge in [-0.25, -0.2) is 0 Å². The van der Waals surface area contributed by atoms with Gasteiger partial charge < -0.3 is 15.2 Å². The van der Waals surface area contributed by atoms with Gasteiger partial charge >= 0.3 is 0 Å². The molecule has 90 valence electrons. The molecule has 0 aromatic heterocycles. The van der Waals surface area contributed by atoms with Crippen LogP contribution in [0.25, 0.3) is 0 Å². The number of aliphatic hydroxyl groups is 1. The molecule has 0 fully saturated rings. The minimum absolute atomic E-state index is 0.469. The zero-order valence-corrected chi connectivity index (χ0v) is 12.6. The number of hydrogen-bond acceptors (Lipinski definition) is 3. The molecule has 3 nitrogen and oxygen atoms in total. The zero-order chi connectivity index (χ0) is 12.3. The van der Waals surface area contributed by atoms with E-state index in [0.29, 0.717) is 6.54 Å². The number of nitrogens with one attached hydrogen (secondary N) is 1. The number of rotatable bonds is 4. The first kappa shape index (κ1) is 13.8. The Morgan fingerprint density at radius 1 is 1.31 bits per heavy atom. The second-order valence-electron chi connectivity index (χ2n) is 4.13. The summed E-state index contributed by atoms with van der Waals surface area (Å²) in [5.74, 6) is 0.751. The van der Waals surface area contributed by atoms with Crippen molar-refractivity contribution in [3.63, 3.8) is 0 Å². The fraction of sp³-hybridized carbons (Fsp3) is 0.455. The van der Waals surface area contributed by atoms with Gasteiger partial charge in [-0.05, 0) is 51.8 Å². The van der Waals surface area contributed by atoms with Crippen molar-refractivity contribution in [3.05, 3.63) is 21.1 Å². The van der Waals surface area contributed by atoms with Gasteiger partial charge in [-0.15, -0.1) is 0 Å². The monoisotopic (exact) mass is 351 g/mol. The summed E-state index contributed by atoms with van der Waals surface area (Å²) < 4.78 is 7.01. The highest BCUT2D eigenvalue weighted by Gasteiger charge is 2.13. The van der Waals surface area contributed by atoms with Crippen molar-refractivity contribution < 1.29 is 9.84 Å². The van der Waals surface area contributed by atoms with Gasteiger partial charge in [-0.1, -0.05) is 0 Å². The Hall–Kier alpha value is -0.260. The van der Waals surface area contributed by atoms with E-state index in [4.69, 9.17) is 4.74 Å². The van der Waals surface area contributed by atoms with Crippen LogP contribution in [-0.2, 0) is 0 Å². The highest BCUT2D eigenvalue weighted by Crippen LogP contribution is 2.34. The molecule has 0 unspecified atom stereocenters. The molecule has 0 amide bonds. The van der Waals surface area contributed by atoms with Crippen molar-refractivity contribution in [2.45, 2.75) is 19.4 Å². The fourth-order valence-corrected chi connectivity index (χ4v) is 2.43. The van der Waals surface area contributed by atoms with Gasteiger partial charge in [0, 0.05) is 17.1 Å². The standard InChI is InChI=1S/C11H15Br2NO2/c1-11(2,15)6-14-9-5-10(16-3)8(13)4-7(9)12/h4-5,14-15H,6H2,1-3H3. The molecule has 5 heteroatoms. The SMILES string of the molecule is COc1cc(NCC(C)(C)O)c(Br)cc1Br. The molecule has 0 saturated heterocycles. The summed E-state index contributed by atoms with van der Waals surface area (Å²) in [7, 11) is 1.62. The summed E-state index contributed by atoms with van der Waals surface area (Å²) in [6.45, 7) is 3.98. The summed E-state index contributed by atoms with van der Waals surface area (Å²) >= 11 is 6.85. The van der Waals surface area contributed by atoms with Crippen molar-refractivity contribution in [1.82, 2.24) is 0 Å². The first-order valence-electron chi connectivity index (χ1n) is 4.83. The molecule has 16 heavy (non-hydrogen) atoms. The average molecular weight is 353 g/mol. The molecule has 0 aliphatic heterocycles. The van der Waals surface area contributed by atoms with E-state index in [9.17, 15) is 5.11 Å². The quantitative estimate of drug-likeness (QED) is 0.872. The van der Waals surface area contributed by atoms with E-state index in [2.05, 4.69) is 37.2 Å². The topological polar surface area (TPSA) is 41.5 Å². The Morgan fingerprint density at radius 3 is 2.44 bits per heavy atom. The predicted molar refractivity (Wildman–Crippen MR) is 73.2 cm³/mol. The Morgan fingerprint density at radius 2 is 1.94 bits per heavy atom.